The van der Waals surface area contributed by atoms with Gasteiger partial charge in [-0.2, -0.15) is 0 Å². The van der Waals surface area contributed by atoms with Gasteiger partial charge < -0.3 is 4.74 Å². The Labute approximate surface area is 141 Å². The average molecular weight is 402 g/mol. The minimum Gasteiger partial charge on any atom is -0.457 e. The summed E-state index contributed by atoms with van der Waals surface area (Å²) < 4.78 is 43.9. The van der Waals surface area contributed by atoms with Gasteiger partial charge in [0, 0.05) is 15.7 Å². The third kappa shape index (κ3) is 5.33. The highest BCUT2D eigenvalue weighted by Gasteiger charge is 2.11. The van der Waals surface area contributed by atoms with Crippen LogP contribution in [0.3, 0.4) is 0 Å². The molecule has 0 atom stereocenters. The first-order valence-electron chi connectivity index (χ1n) is 6.43. The molecule has 0 spiro atoms. The van der Waals surface area contributed by atoms with Crippen LogP contribution < -0.4 is 4.72 Å². The molecule has 0 bridgehead atoms. The van der Waals surface area contributed by atoms with Crippen molar-refractivity contribution in [2.45, 2.75) is 6.61 Å². The lowest BCUT2D eigenvalue weighted by Gasteiger charge is -2.08. The largest absolute Gasteiger partial charge is 0.457 e. The van der Waals surface area contributed by atoms with Gasteiger partial charge in [-0.15, -0.1) is 0 Å². The number of sulfonamides is 1. The van der Waals surface area contributed by atoms with E-state index in [1.165, 1.54) is 36.4 Å². The van der Waals surface area contributed by atoms with Crippen LogP contribution in [0.1, 0.15) is 15.9 Å². The highest BCUT2D eigenvalue weighted by Crippen LogP contribution is 2.17. The van der Waals surface area contributed by atoms with Crippen LogP contribution in [0, 0.1) is 5.82 Å². The molecule has 2 aromatic carbocycles. The van der Waals surface area contributed by atoms with Crippen molar-refractivity contribution in [1.82, 2.24) is 0 Å². The van der Waals surface area contributed by atoms with Crippen molar-refractivity contribution >= 4 is 37.6 Å². The fourth-order valence-electron chi connectivity index (χ4n) is 1.79. The second kappa shape index (κ2) is 7.10. The van der Waals surface area contributed by atoms with E-state index in [4.69, 9.17) is 4.74 Å². The predicted molar refractivity (Wildman–Crippen MR) is 88.1 cm³/mol. The van der Waals surface area contributed by atoms with E-state index in [1.54, 1.807) is 6.07 Å². The number of carbonyl (C=O) groups excluding carboxylic acids is 1. The second-order valence-corrected chi connectivity index (χ2v) is 7.43. The fourth-order valence-corrected chi connectivity index (χ4v) is 2.68. The topological polar surface area (TPSA) is 72.5 Å². The Balaban J connectivity index is 2.07. The van der Waals surface area contributed by atoms with Crippen LogP contribution in [-0.4, -0.2) is 20.6 Å². The van der Waals surface area contributed by atoms with Gasteiger partial charge in [-0.1, -0.05) is 28.1 Å². The Kier molecular flexibility index (Phi) is 5.38. The van der Waals surface area contributed by atoms with Crippen LogP contribution in [0.15, 0.2) is 46.9 Å². The summed E-state index contributed by atoms with van der Waals surface area (Å²) in [7, 11) is -3.44. The second-order valence-electron chi connectivity index (χ2n) is 4.77. The minimum atomic E-state index is -3.44. The summed E-state index contributed by atoms with van der Waals surface area (Å²) in [6, 6.07) is 10.3. The Morgan fingerprint density at radius 1 is 1.26 bits per heavy atom. The number of carbonyl (C=O) groups is 1. The highest BCUT2D eigenvalue weighted by atomic mass is 79.9. The van der Waals surface area contributed by atoms with Gasteiger partial charge in [-0.3, -0.25) is 4.72 Å². The molecule has 8 heteroatoms. The number of rotatable bonds is 5. The Morgan fingerprint density at radius 3 is 2.65 bits per heavy atom. The van der Waals surface area contributed by atoms with E-state index in [9.17, 15) is 17.6 Å². The normalized spacial score (nSPS) is 11.1. The van der Waals surface area contributed by atoms with E-state index in [1.807, 2.05) is 0 Å². The lowest BCUT2D eigenvalue weighted by molar-refractivity contribution is 0.0469. The van der Waals surface area contributed by atoms with Crippen molar-refractivity contribution in [3.8, 4) is 0 Å². The van der Waals surface area contributed by atoms with Crippen LogP contribution in [0.25, 0.3) is 0 Å². The zero-order chi connectivity index (χ0) is 17.0. The van der Waals surface area contributed by atoms with Crippen molar-refractivity contribution in [1.29, 1.82) is 0 Å². The van der Waals surface area contributed by atoms with Crippen LogP contribution >= 0.6 is 15.9 Å². The summed E-state index contributed by atoms with van der Waals surface area (Å²) in [5.74, 6) is -1.16. The van der Waals surface area contributed by atoms with E-state index < -0.39 is 21.8 Å². The predicted octanol–water partition coefficient (Wildman–Crippen LogP) is 3.32. The smallest absolute Gasteiger partial charge is 0.338 e. The molecule has 23 heavy (non-hydrogen) atoms. The average Bonchev–Trinajstić information content (AvgIpc) is 2.44. The molecule has 0 aliphatic rings. The summed E-state index contributed by atoms with van der Waals surface area (Å²) in [5, 5.41) is 0. The van der Waals surface area contributed by atoms with Gasteiger partial charge >= 0.3 is 5.97 Å². The molecule has 0 aromatic heterocycles. The summed E-state index contributed by atoms with van der Waals surface area (Å²) in [6.07, 6.45) is 1.01. The molecular weight excluding hydrogens is 389 g/mol. The first-order valence-corrected chi connectivity index (χ1v) is 9.12. The van der Waals surface area contributed by atoms with Crippen LogP contribution in [0.4, 0.5) is 10.1 Å². The maximum Gasteiger partial charge on any atom is 0.338 e. The van der Waals surface area contributed by atoms with Crippen molar-refractivity contribution in [2.75, 3.05) is 11.0 Å². The molecule has 5 nitrogen and oxygen atoms in total. The van der Waals surface area contributed by atoms with Gasteiger partial charge in [0.05, 0.1) is 11.8 Å². The first kappa shape index (κ1) is 17.4. The molecule has 122 valence electrons. The quantitative estimate of drug-likeness (QED) is 0.779. The summed E-state index contributed by atoms with van der Waals surface area (Å²) in [6.45, 7) is -0.221. The van der Waals surface area contributed by atoms with Crippen molar-refractivity contribution in [3.05, 3.63) is 63.9 Å². The summed E-state index contributed by atoms with van der Waals surface area (Å²) >= 11 is 3.14. The molecule has 2 rings (SSSR count). The number of anilines is 1. The van der Waals surface area contributed by atoms with Crippen LogP contribution in [0.5, 0.6) is 0 Å². The minimum absolute atomic E-state index is 0.163. The number of hydrogen-bond donors (Lipinski definition) is 1. The molecule has 0 unspecified atom stereocenters. The first-order chi connectivity index (χ1) is 10.7. The lowest BCUT2D eigenvalue weighted by atomic mass is 10.2. The van der Waals surface area contributed by atoms with Crippen LogP contribution in [0.2, 0.25) is 0 Å². The molecular formula is C15H13BrFNO4S. The molecule has 1 N–H and O–H groups in total. The summed E-state index contributed by atoms with van der Waals surface area (Å²) in [5.41, 5.74) is 0.653. The Hall–Kier alpha value is -1.93. The molecule has 0 saturated carbocycles. The maximum absolute atomic E-state index is 13.7. The Bertz CT molecular complexity index is 839. The molecule has 0 radical (unpaired) electrons. The summed E-state index contributed by atoms with van der Waals surface area (Å²) in [4.78, 5) is 12.0. The van der Waals surface area contributed by atoms with Crippen molar-refractivity contribution in [3.63, 3.8) is 0 Å². The molecule has 0 heterocycles. The van der Waals surface area contributed by atoms with Gasteiger partial charge in [-0.25, -0.2) is 17.6 Å². The number of ether oxygens (including phenoxy) is 1. The monoisotopic (exact) mass is 401 g/mol. The van der Waals surface area contributed by atoms with E-state index in [0.717, 1.165) is 6.26 Å². The van der Waals surface area contributed by atoms with E-state index in [-0.39, 0.29) is 23.4 Å². The highest BCUT2D eigenvalue weighted by molar-refractivity contribution is 9.10. The number of halogens is 2. The number of benzene rings is 2. The number of esters is 1. The molecule has 0 amide bonds. The maximum atomic E-state index is 13.7. The van der Waals surface area contributed by atoms with E-state index in [0.29, 0.717) is 4.47 Å². The van der Waals surface area contributed by atoms with Crippen LogP contribution in [-0.2, 0) is 21.4 Å². The fraction of sp³-hybridized carbons (Fsp3) is 0.133. The zero-order valence-corrected chi connectivity index (χ0v) is 14.4. The third-order valence-electron chi connectivity index (χ3n) is 2.78. The molecule has 0 aliphatic heterocycles. The van der Waals surface area contributed by atoms with Gasteiger partial charge in [-0.05, 0) is 30.3 Å². The van der Waals surface area contributed by atoms with E-state index >= 15 is 0 Å². The number of nitrogens with one attached hydrogen (secondary N) is 1. The van der Waals surface area contributed by atoms with Gasteiger partial charge in [0.15, 0.2) is 0 Å². The Morgan fingerprint density at radius 2 is 2.00 bits per heavy atom. The lowest BCUT2D eigenvalue weighted by Crippen LogP contribution is -2.11. The van der Waals surface area contributed by atoms with Crippen molar-refractivity contribution in [2.24, 2.45) is 0 Å². The van der Waals surface area contributed by atoms with Gasteiger partial charge in [0.2, 0.25) is 10.0 Å². The molecule has 0 saturated heterocycles. The molecule has 0 aliphatic carbocycles. The molecule has 0 fully saturated rings. The molecule has 2 aromatic rings. The zero-order valence-electron chi connectivity index (χ0n) is 12.0. The third-order valence-corrected chi connectivity index (χ3v) is 3.88. The van der Waals surface area contributed by atoms with E-state index in [2.05, 4.69) is 20.7 Å². The SMILES string of the molecule is CS(=O)(=O)Nc1cccc(C(=O)OCc2ccc(Br)cc2F)c1. The van der Waals surface area contributed by atoms with Gasteiger partial charge in [0.1, 0.15) is 12.4 Å². The van der Waals surface area contributed by atoms with Gasteiger partial charge in [0.25, 0.3) is 0 Å². The number of hydrogen-bond acceptors (Lipinski definition) is 4. The standard InChI is InChI=1S/C15H13BrFNO4S/c1-23(20,21)18-13-4-2-3-10(7-13)15(19)22-9-11-5-6-12(16)8-14(11)17/h2-8,18H,9H2,1H3. The van der Waals surface area contributed by atoms with Crippen molar-refractivity contribution < 1.29 is 22.3 Å².